The summed E-state index contributed by atoms with van der Waals surface area (Å²) in [6, 6.07) is 3.04. The van der Waals surface area contributed by atoms with Crippen molar-refractivity contribution in [3.05, 3.63) is 38.2 Å². The van der Waals surface area contributed by atoms with Gasteiger partial charge in [-0.15, -0.1) is 0 Å². The molecule has 1 heterocycles. The number of rotatable bonds is 9. The predicted molar refractivity (Wildman–Crippen MR) is 106 cm³/mol. The van der Waals surface area contributed by atoms with Crippen LogP contribution < -0.4 is 10.3 Å². The van der Waals surface area contributed by atoms with Gasteiger partial charge in [-0.3, -0.25) is 9.36 Å². The number of halogens is 2. The lowest BCUT2D eigenvalue weighted by Gasteiger charge is -2.19. The molecule has 0 saturated heterocycles. The molecule has 0 radical (unpaired) electrons. The van der Waals surface area contributed by atoms with Crippen LogP contribution in [0.4, 0.5) is 0 Å². The second-order valence-corrected chi connectivity index (χ2v) is 6.68. The smallest absolute Gasteiger partial charge is 0.358 e. The van der Waals surface area contributed by atoms with Gasteiger partial charge in [-0.2, -0.15) is 0 Å². The Balaban J connectivity index is 2.83. The van der Waals surface area contributed by atoms with Crippen molar-refractivity contribution in [2.75, 3.05) is 26.9 Å². The van der Waals surface area contributed by atoms with Crippen LogP contribution in [-0.2, 0) is 16.0 Å². The molecule has 0 aliphatic heterocycles. The number of unbranched alkanes of at least 4 members (excludes halogenated alkanes) is 1. The maximum Gasteiger partial charge on any atom is 0.358 e. The van der Waals surface area contributed by atoms with Crippen molar-refractivity contribution in [1.82, 2.24) is 4.57 Å². The molecular weight excluding hydrogens is 393 g/mol. The molecule has 0 saturated carbocycles. The molecule has 1 aromatic heterocycles. The van der Waals surface area contributed by atoms with Gasteiger partial charge in [0.05, 0.1) is 41.8 Å². The van der Waals surface area contributed by atoms with E-state index in [0.29, 0.717) is 17.4 Å². The third-order valence-corrected chi connectivity index (χ3v) is 4.72. The van der Waals surface area contributed by atoms with Crippen molar-refractivity contribution >= 4 is 39.9 Å². The zero-order chi connectivity index (χ0) is 20.0. The van der Waals surface area contributed by atoms with Gasteiger partial charge >= 0.3 is 5.97 Å². The highest BCUT2D eigenvalue weighted by atomic mass is 35.5. The molecule has 0 unspecified atom stereocenters. The van der Waals surface area contributed by atoms with E-state index in [2.05, 4.69) is 0 Å². The monoisotopic (exact) mass is 415 g/mol. The van der Waals surface area contributed by atoms with Crippen molar-refractivity contribution in [2.24, 2.45) is 0 Å². The Kier molecular flexibility index (Phi) is 7.95. The van der Waals surface area contributed by atoms with Crippen LogP contribution in [0.3, 0.4) is 0 Å². The first-order chi connectivity index (χ1) is 13.0. The first-order valence-corrected chi connectivity index (χ1v) is 9.56. The number of carbonyl (C=O) groups is 1. The molecule has 0 fully saturated rings. The number of ether oxygens (including phenoxy) is 3. The minimum absolute atomic E-state index is 0.0564. The van der Waals surface area contributed by atoms with Gasteiger partial charge in [0.2, 0.25) is 0 Å². The van der Waals surface area contributed by atoms with Crippen LogP contribution in [0.1, 0.15) is 37.2 Å². The van der Waals surface area contributed by atoms with Crippen LogP contribution in [-0.4, -0.2) is 37.5 Å². The molecule has 8 heteroatoms. The number of methoxy groups -OCH3 is 1. The molecule has 0 bridgehead atoms. The molecule has 0 amide bonds. The van der Waals surface area contributed by atoms with E-state index in [0.717, 1.165) is 12.8 Å². The van der Waals surface area contributed by atoms with Gasteiger partial charge in [0, 0.05) is 12.5 Å². The van der Waals surface area contributed by atoms with Crippen molar-refractivity contribution < 1.29 is 19.0 Å². The topological polar surface area (TPSA) is 66.8 Å². The van der Waals surface area contributed by atoms with E-state index in [1.54, 1.807) is 13.0 Å². The van der Waals surface area contributed by atoms with Crippen LogP contribution in [0.5, 0.6) is 5.75 Å². The van der Waals surface area contributed by atoms with Crippen LogP contribution in [0.25, 0.3) is 10.8 Å². The summed E-state index contributed by atoms with van der Waals surface area (Å²) in [5.74, 6) is -0.364. The fourth-order valence-electron chi connectivity index (χ4n) is 2.67. The summed E-state index contributed by atoms with van der Waals surface area (Å²) in [6.45, 7) is 4.71. The summed E-state index contributed by atoms with van der Waals surface area (Å²) in [4.78, 5) is 25.7. The van der Waals surface area contributed by atoms with Gasteiger partial charge in [0.25, 0.3) is 5.56 Å². The normalized spacial score (nSPS) is 11.0. The number of pyridine rings is 1. The van der Waals surface area contributed by atoms with Gasteiger partial charge < -0.3 is 14.2 Å². The number of fused-ring (bicyclic) bond motifs is 1. The Morgan fingerprint density at radius 2 is 1.78 bits per heavy atom. The van der Waals surface area contributed by atoms with Gasteiger partial charge in [-0.1, -0.05) is 36.5 Å². The highest BCUT2D eigenvalue weighted by molar-refractivity contribution is 6.42. The largest absolute Gasteiger partial charge is 0.490 e. The quantitative estimate of drug-likeness (QED) is 0.450. The van der Waals surface area contributed by atoms with Gasteiger partial charge in [-0.25, -0.2) is 4.79 Å². The Morgan fingerprint density at radius 3 is 2.37 bits per heavy atom. The maximum absolute atomic E-state index is 13.1. The highest BCUT2D eigenvalue weighted by Crippen LogP contribution is 2.34. The Hall–Kier alpha value is -1.76. The van der Waals surface area contributed by atoms with E-state index in [9.17, 15) is 9.59 Å². The molecule has 27 heavy (non-hydrogen) atoms. The molecule has 0 spiro atoms. The lowest BCUT2D eigenvalue weighted by Crippen LogP contribution is -2.30. The van der Waals surface area contributed by atoms with E-state index < -0.39 is 5.97 Å². The van der Waals surface area contributed by atoms with E-state index in [1.165, 1.54) is 17.7 Å². The summed E-state index contributed by atoms with van der Waals surface area (Å²) in [5.41, 5.74) is -0.326. The third kappa shape index (κ3) is 4.75. The standard InChI is InChI=1S/C19H23Cl2NO5/c1-4-6-8-27-17-12-10-14(20)15(21)11-13(12)18(23)22(7-9-25-3)16(17)19(24)26-5-2/h10-11H,4-9H2,1-3H3. The number of hydrogen-bond acceptors (Lipinski definition) is 5. The summed E-state index contributed by atoms with van der Waals surface area (Å²) < 4.78 is 17.5. The molecule has 0 aliphatic rings. The van der Waals surface area contributed by atoms with Crippen LogP contribution in [0.2, 0.25) is 10.0 Å². The minimum atomic E-state index is -0.634. The summed E-state index contributed by atoms with van der Waals surface area (Å²) in [7, 11) is 1.52. The maximum atomic E-state index is 13.1. The zero-order valence-corrected chi connectivity index (χ0v) is 17.2. The molecule has 0 atom stereocenters. The van der Waals surface area contributed by atoms with E-state index >= 15 is 0 Å². The second-order valence-electron chi connectivity index (χ2n) is 5.86. The number of esters is 1. The average Bonchev–Trinajstić information content (AvgIpc) is 2.64. The van der Waals surface area contributed by atoms with Crippen molar-refractivity contribution in [2.45, 2.75) is 33.2 Å². The highest BCUT2D eigenvalue weighted by Gasteiger charge is 2.25. The molecule has 148 valence electrons. The average molecular weight is 416 g/mol. The summed E-state index contributed by atoms with van der Waals surface area (Å²) in [5, 5.41) is 1.28. The molecule has 6 nitrogen and oxygen atoms in total. The summed E-state index contributed by atoms with van der Waals surface area (Å²) >= 11 is 12.3. The first-order valence-electron chi connectivity index (χ1n) is 8.80. The lowest BCUT2D eigenvalue weighted by atomic mass is 10.1. The van der Waals surface area contributed by atoms with Gasteiger partial charge in [0.1, 0.15) is 0 Å². The molecule has 0 aliphatic carbocycles. The molecule has 2 rings (SSSR count). The Bertz CT molecular complexity index is 879. The molecular formula is C19H23Cl2NO5. The minimum Gasteiger partial charge on any atom is -0.490 e. The zero-order valence-electron chi connectivity index (χ0n) is 15.6. The predicted octanol–water partition coefficient (Wildman–Crippen LogP) is 4.31. The van der Waals surface area contributed by atoms with Crippen molar-refractivity contribution in [3.8, 4) is 5.75 Å². The molecule has 0 N–H and O–H groups in total. The number of hydrogen-bond donors (Lipinski definition) is 0. The molecule has 2 aromatic rings. The number of benzene rings is 1. The number of carbonyl (C=O) groups excluding carboxylic acids is 1. The number of aromatic nitrogens is 1. The fraction of sp³-hybridized carbons (Fsp3) is 0.474. The van der Waals surface area contributed by atoms with E-state index in [4.69, 9.17) is 37.4 Å². The van der Waals surface area contributed by atoms with Crippen molar-refractivity contribution in [3.63, 3.8) is 0 Å². The SMILES string of the molecule is CCCCOc1c(C(=O)OCC)n(CCOC)c(=O)c2cc(Cl)c(Cl)cc12. The van der Waals surface area contributed by atoms with Gasteiger partial charge in [0.15, 0.2) is 11.4 Å². The van der Waals surface area contributed by atoms with Crippen LogP contribution in [0.15, 0.2) is 16.9 Å². The Labute approximate surface area is 167 Å². The summed E-state index contributed by atoms with van der Waals surface area (Å²) in [6.07, 6.45) is 1.71. The second kappa shape index (κ2) is 9.97. The molecule has 1 aromatic carbocycles. The number of nitrogens with zero attached hydrogens (tertiary/aromatic N) is 1. The first kappa shape index (κ1) is 21.5. The van der Waals surface area contributed by atoms with Crippen molar-refractivity contribution in [1.29, 1.82) is 0 Å². The van der Waals surface area contributed by atoms with Crippen LogP contribution >= 0.6 is 23.2 Å². The van der Waals surface area contributed by atoms with Gasteiger partial charge in [-0.05, 0) is 25.5 Å². The fourth-order valence-corrected chi connectivity index (χ4v) is 3.00. The van der Waals surface area contributed by atoms with E-state index in [-0.39, 0.29) is 46.8 Å². The lowest BCUT2D eigenvalue weighted by molar-refractivity contribution is 0.0504. The Morgan fingerprint density at radius 1 is 1.11 bits per heavy atom. The third-order valence-electron chi connectivity index (χ3n) is 4.00. The van der Waals surface area contributed by atoms with E-state index in [1.807, 2.05) is 6.92 Å². The van der Waals surface area contributed by atoms with Crippen LogP contribution in [0, 0.1) is 0 Å².